The number of carbonyl (C=O) groups excluding carboxylic acids is 1. The van der Waals surface area contributed by atoms with Gasteiger partial charge in [0.15, 0.2) is 0 Å². The molecule has 4 rings (SSSR count). The van der Waals surface area contributed by atoms with Crippen LogP contribution in [0.1, 0.15) is 28.5 Å². The summed E-state index contributed by atoms with van der Waals surface area (Å²) in [5.41, 5.74) is 6.27. The molecule has 0 radical (unpaired) electrons. The van der Waals surface area contributed by atoms with Crippen molar-refractivity contribution in [2.24, 2.45) is 0 Å². The quantitative estimate of drug-likeness (QED) is 0.322. The van der Waals surface area contributed by atoms with Crippen LogP contribution in [0.25, 0.3) is 22.0 Å². The van der Waals surface area contributed by atoms with Gasteiger partial charge in [-0.15, -0.1) is 0 Å². The van der Waals surface area contributed by atoms with Gasteiger partial charge in [0, 0.05) is 11.9 Å². The molecule has 4 aromatic rings. The number of hydrogen-bond donors (Lipinski definition) is 0. The van der Waals surface area contributed by atoms with Gasteiger partial charge in [0.2, 0.25) is 0 Å². The summed E-state index contributed by atoms with van der Waals surface area (Å²) in [7, 11) is 0. The van der Waals surface area contributed by atoms with Crippen molar-refractivity contribution in [2.45, 2.75) is 20.4 Å². The molecule has 0 fully saturated rings. The standard InChI is InChI=1S/C25H22BrNO2/c1-3-29-25(28)24-23(26)21-9-4-5-10-22(21)27(24)16-18-7-6-8-20(15-18)19-13-11-17(2)12-14-19/h4-15H,3,16H2,1-2H3. The van der Waals surface area contributed by atoms with E-state index in [9.17, 15) is 4.79 Å². The molecule has 0 aliphatic rings. The first kappa shape index (κ1) is 19.5. The summed E-state index contributed by atoms with van der Waals surface area (Å²) < 4.78 is 8.14. The molecule has 0 unspecified atom stereocenters. The number of carbonyl (C=O) groups is 1. The van der Waals surface area contributed by atoms with E-state index in [1.165, 1.54) is 11.1 Å². The van der Waals surface area contributed by atoms with Gasteiger partial charge in [-0.2, -0.15) is 0 Å². The molecule has 0 aliphatic carbocycles. The molecule has 0 spiro atoms. The number of ether oxygens (including phenoxy) is 1. The number of halogens is 1. The molecule has 146 valence electrons. The van der Waals surface area contributed by atoms with E-state index >= 15 is 0 Å². The van der Waals surface area contributed by atoms with Crippen LogP contribution in [0.15, 0.2) is 77.3 Å². The van der Waals surface area contributed by atoms with Crippen molar-refractivity contribution in [1.82, 2.24) is 4.57 Å². The van der Waals surface area contributed by atoms with E-state index in [1.807, 2.05) is 35.8 Å². The van der Waals surface area contributed by atoms with Crippen molar-refractivity contribution in [3.05, 3.63) is 94.1 Å². The smallest absolute Gasteiger partial charge is 0.356 e. The molecule has 1 heterocycles. The minimum absolute atomic E-state index is 0.315. The SMILES string of the molecule is CCOC(=O)c1c(Br)c2ccccc2n1Cc1cccc(-c2ccc(C)cc2)c1. The fourth-order valence-electron chi connectivity index (χ4n) is 3.60. The number of esters is 1. The predicted molar refractivity (Wildman–Crippen MR) is 121 cm³/mol. The average molecular weight is 448 g/mol. The van der Waals surface area contributed by atoms with Crippen LogP contribution >= 0.6 is 15.9 Å². The molecule has 0 saturated heterocycles. The van der Waals surface area contributed by atoms with Crippen LogP contribution in [0, 0.1) is 6.92 Å². The zero-order valence-electron chi connectivity index (χ0n) is 16.5. The number of nitrogens with zero attached hydrogens (tertiary/aromatic N) is 1. The zero-order valence-corrected chi connectivity index (χ0v) is 18.1. The number of benzene rings is 3. The van der Waals surface area contributed by atoms with Crippen molar-refractivity contribution in [2.75, 3.05) is 6.61 Å². The van der Waals surface area contributed by atoms with Gasteiger partial charge in [-0.3, -0.25) is 0 Å². The summed E-state index contributed by atoms with van der Waals surface area (Å²) in [5.74, 6) is -0.315. The Labute approximate surface area is 179 Å². The molecule has 4 heteroatoms. The number of para-hydroxylation sites is 1. The molecule has 0 N–H and O–H groups in total. The Bertz CT molecular complexity index is 1180. The van der Waals surface area contributed by atoms with Gasteiger partial charge in [0.1, 0.15) is 5.69 Å². The Morgan fingerprint density at radius 3 is 2.48 bits per heavy atom. The lowest BCUT2D eigenvalue weighted by atomic mass is 10.0. The molecule has 3 nitrogen and oxygen atoms in total. The van der Waals surface area contributed by atoms with Crippen LogP contribution in [0.4, 0.5) is 0 Å². The summed E-state index contributed by atoms with van der Waals surface area (Å²) in [6, 6.07) is 25.0. The summed E-state index contributed by atoms with van der Waals surface area (Å²) >= 11 is 3.62. The van der Waals surface area contributed by atoms with Gasteiger partial charge in [0.05, 0.1) is 16.6 Å². The molecule has 0 atom stereocenters. The van der Waals surface area contributed by atoms with Gasteiger partial charge < -0.3 is 9.30 Å². The van der Waals surface area contributed by atoms with Crippen LogP contribution in [-0.4, -0.2) is 17.1 Å². The molecule has 0 saturated carbocycles. The van der Waals surface area contributed by atoms with Crippen molar-refractivity contribution in [1.29, 1.82) is 0 Å². The molecule has 0 bridgehead atoms. The van der Waals surface area contributed by atoms with Gasteiger partial charge in [-0.1, -0.05) is 66.2 Å². The average Bonchev–Trinajstić information content (AvgIpc) is 3.01. The van der Waals surface area contributed by atoms with Gasteiger partial charge in [0.25, 0.3) is 0 Å². The second-order valence-corrected chi connectivity index (χ2v) is 7.85. The first-order valence-electron chi connectivity index (χ1n) is 9.68. The molecule has 1 aromatic heterocycles. The Morgan fingerprint density at radius 1 is 0.966 bits per heavy atom. The van der Waals surface area contributed by atoms with E-state index in [2.05, 4.69) is 71.4 Å². The fraction of sp³-hybridized carbons (Fsp3) is 0.160. The third kappa shape index (κ3) is 3.85. The third-order valence-electron chi connectivity index (χ3n) is 5.03. The number of rotatable bonds is 5. The van der Waals surface area contributed by atoms with E-state index in [-0.39, 0.29) is 5.97 Å². The summed E-state index contributed by atoms with van der Waals surface area (Å²) in [6.07, 6.45) is 0. The Morgan fingerprint density at radius 2 is 1.72 bits per heavy atom. The molecule has 0 amide bonds. The lowest BCUT2D eigenvalue weighted by molar-refractivity contribution is 0.0514. The van der Waals surface area contributed by atoms with Crippen LogP contribution in [0.2, 0.25) is 0 Å². The number of fused-ring (bicyclic) bond motifs is 1. The molecule has 3 aromatic carbocycles. The minimum Gasteiger partial charge on any atom is -0.461 e. The Balaban J connectivity index is 1.78. The number of aromatic nitrogens is 1. The fourth-order valence-corrected chi connectivity index (χ4v) is 4.31. The largest absolute Gasteiger partial charge is 0.461 e. The molecule has 0 aliphatic heterocycles. The topological polar surface area (TPSA) is 31.2 Å². The maximum absolute atomic E-state index is 12.7. The van der Waals surface area contributed by atoms with Crippen LogP contribution in [-0.2, 0) is 11.3 Å². The number of aryl methyl sites for hydroxylation is 1. The van der Waals surface area contributed by atoms with Gasteiger partial charge in [-0.25, -0.2) is 4.79 Å². The van der Waals surface area contributed by atoms with Crippen molar-refractivity contribution < 1.29 is 9.53 Å². The molecule has 29 heavy (non-hydrogen) atoms. The highest BCUT2D eigenvalue weighted by atomic mass is 79.9. The van der Waals surface area contributed by atoms with E-state index in [0.717, 1.165) is 26.5 Å². The molecular weight excluding hydrogens is 426 g/mol. The first-order valence-corrected chi connectivity index (χ1v) is 10.5. The maximum Gasteiger partial charge on any atom is 0.356 e. The van der Waals surface area contributed by atoms with E-state index in [1.54, 1.807) is 0 Å². The van der Waals surface area contributed by atoms with E-state index < -0.39 is 0 Å². The highest BCUT2D eigenvalue weighted by Crippen LogP contribution is 2.32. The van der Waals surface area contributed by atoms with Crippen molar-refractivity contribution >= 4 is 32.8 Å². The van der Waals surface area contributed by atoms with Crippen molar-refractivity contribution in [3.8, 4) is 11.1 Å². The van der Waals surface area contributed by atoms with E-state index in [0.29, 0.717) is 18.8 Å². The Kier molecular flexibility index (Phi) is 5.54. The van der Waals surface area contributed by atoms with Crippen LogP contribution in [0.5, 0.6) is 0 Å². The van der Waals surface area contributed by atoms with Gasteiger partial charge >= 0.3 is 5.97 Å². The van der Waals surface area contributed by atoms with Crippen molar-refractivity contribution in [3.63, 3.8) is 0 Å². The highest BCUT2D eigenvalue weighted by Gasteiger charge is 2.22. The highest BCUT2D eigenvalue weighted by molar-refractivity contribution is 9.10. The summed E-state index contributed by atoms with van der Waals surface area (Å²) in [5, 5.41) is 1.00. The lowest BCUT2D eigenvalue weighted by Crippen LogP contribution is -2.13. The predicted octanol–water partition coefficient (Wildman–Crippen LogP) is 6.60. The first-order chi connectivity index (χ1) is 14.1. The normalized spacial score (nSPS) is 11.0. The zero-order chi connectivity index (χ0) is 20.4. The molecular formula is C25H22BrNO2. The van der Waals surface area contributed by atoms with Crippen LogP contribution in [0.3, 0.4) is 0 Å². The summed E-state index contributed by atoms with van der Waals surface area (Å²) in [6.45, 7) is 4.84. The summed E-state index contributed by atoms with van der Waals surface area (Å²) in [4.78, 5) is 12.7. The van der Waals surface area contributed by atoms with Gasteiger partial charge in [-0.05, 0) is 58.6 Å². The maximum atomic E-state index is 12.7. The second kappa shape index (κ2) is 8.26. The minimum atomic E-state index is -0.315. The monoisotopic (exact) mass is 447 g/mol. The van der Waals surface area contributed by atoms with Crippen LogP contribution < -0.4 is 0 Å². The van der Waals surface area contributed by atoms with E-state index in [4.69, 9.17) is 4.74 Å². The number of hydrogen-bond acceptors (Lipinski definition) is 2. The second-order valence-electron chi connectivity index (χ2n) is 7.05. The Hall–Kier alpha value is -2.85. The third-order valence-corrected chi connectivity index (χ3v) is 5.83. The lowest BCUT2D eigenvalue weighted by Gasteiger charge is -2.12.